The summed E-state index contributed by atoms with van der Waals surface area (Å²) < 4.78 is 5.23. The van der Waals surface area contributed by atoms with Crippen molar-refractivity contribution in [3.8, 4) is 0 Å². The topological polar surface area (TPSA) is 60.2 Å². The smallest absolute Gasteiger partial charge is 0.373 e. The number of aromatic nitrogens is 1. The van der Waals surface area contributed by atoms with Gasteiger partial charge in [0, 0.05) is 11.8 Å². The Kier molecular flexibility index (Phi) is 4.81. The van der Waals surface area contributed by atoms with E-state index in [0.29, 0.717) is 0 Å². The maximum absolute atomic E-state index is 8.12. The van der Waals surface area contributed by atoms with Crippen LogP contribution in [0.4, 0.5) is 0 Å². The minimum absolute atomic E-state index is 0.109. The average molecular weight is 197 g/mol. The van der Waals surface area contributed by atoms with Gasteiger partial charge in [0.2, 0.25) is 0 Å². The molecule has 14 heavy (non-hydrogen) atoms. The lowest BCUT2D eigenvalue weighted by molar-refractivity contribution is -0.191. The number of hydrogen-bond acceptors (Lipinski definition) is 4. The van der Waals surface area contributed by atoms with Gasteiger partial charge < -0.3 is 4.42 Å². The lowest BCUT2D eigenvalue weighted by Gasteiger charge is -2.15. The fourth-order valence-electron chi connectivity index (χ4n) is 1.13. The van der Waals surface area contributed by atoms with Crippen molar-refractivity contribution in [2.24, 2.45) is 0 Å². The predicted molar refractivity (Wildman–Crippen MR) is 49.6 cm³/mol. The first-order valence-corrected chi connectivity index (χ1v) is 4.39. The summed E-state index contributed by atoms with van der Waals surface area (Å²) in [5.74, 6) is 1.01. The Morgan fingerprint density at radius 1 is 1.43 bits per heavy atom. The molecule has 0 atom stereocenters. The van der Waals surface area contributed by atoms with Crippen molar-refractivity contribution in [2.45, 2.75) is 39.5 Å². The lowest BCUT2D eigenvalue weighted by atomic mass is 9.90. The van der Waals surface area contributed by atoms with Gasteiger partial charge in [-0.25, -0.2) is 4.98 Å². The molecular formula is C10H15NO3. The molecule has 1 aromatic heterocycles. The molecule has 0 amide bonds. The maximum atomic E-state index is 8.12. The minimum Gasteiger partial charge on any atom is -0.448 e. The van der Waals surface area contributed by atoms with Gasteiger partial charge in [0.15, 0.2) is 6.39 Å². The van der Waals surface area contributed by atoms with E-state index in [2.05, 4.69) is 32.7 Å². The van der Waals surface area contributed by atoms with Crippen LogP contribution in [0.3, 0.4) is 0 Å². The number of nitrogens with zero attached hydrogens (tertiary/aromatic N) is 1. The zero-order valence-electron chi connectivity index (χ0n) is 8.96. The number of aryl methyl sites for hydroxylation is 1. The highest BCUT2D eigenvalue weighted by atomic mass is 16.3. The van der Waals surface area contributed by atoms with Gasteiger partial charge in [0.25, 0.3) is 0 Å². The number of rotatable bonds is 1. The first kappa shape index (κ1) is 12.6. The highest BCUT2D eigenvalue weighted by molar-refractivity contribution is 5.20. The summed E-state index contributed by atoms with van der Waals surface area (Å²) >= 11 is 0. The van der Waals surface area contributed by atoms with Crippen molar-refractivity contribution in [3.05, 3.63) is 17.8 Å². The Morgan fingerprint density at radius 3 is 2.21 bits per heavy atom. The second kappa shape index (κ2) is 5.35. The summed E-state index contributed by atoms with van der Waals surface area (Å²) in [7, 11) is 0. The van der Waals surface area contributed by atoms with Crippen LogP contribution in [-0.4, -0.2) is 11.1 Å². The van der Waals surface area contributed by atoms with Crippen LogP contribution in [0.2, 0.25) is 0 Å². The van der Waals surface area contributed by atoms with Crippen molar-refractivity contribution >= 4 is 6.15 Å². The molecule has 0 radical (unpaired) electrons. The predicted octanol–water partition coefficient (Wildman–Crippen LogP) is 1.95. The minimum atomic E-state index is 0.109. The van der Waals surface area contributed by atoms with Gasteiger partial charge in [0.05, 0.1) is 5.69 Å². The van der Waals surface area contributed by atoms with Crippen LogP contribution in [0, 0.1) is 0 Å². The fraction of sp³-hybridized carbons (Fsp3) is 0.600. The third-order valence-electron chi connectivity index (χ3n) is 1.67. The quantitative estimate of drug-likeness (QED) is 0.690. The molecule has 0 aliphatic carbocycles. The standard InChI is InChI=1S/C9H15NO.CO2/c1-5-7-8(9(2,3)4)10-6-11-7;2-1-3/h6H,5H2,1-4H3;. The van der Waals surface area contributed by atoms with Crippen molar-refractivity contribution < 1.29 is 14.0 Å². The van der Waals surface area contributed by atoms with Crippen molar-refractivity contribution in [1.82, 2.24) is 4.98 Å². The van der Waals surface area contributed by atoms with E-state index >= 15 is 0 Å². The molecule has 0 bridgehead atoms. The SMILES string of the molecule is CCc1ocnc1C(C)(C)C.O=C=O. The molecule has 4 nitrogen and oxygen atoms in total. The van der Waals surface area contributed by atoms with Crippen LogP contribution in [0.1, 0.15) is 39.1 Å². The summed E-state index contributed by atoms with van der Waals surface area (Å²) in [6, 6.07) is 0. The molecule has 0 unspecified atom stereocenters. The van der Waals surface area contributed by atoms with Crippen LogP contribution in [0.25, 0.3) is 0 Å². The molecule has 0 aliphatic heterocycles. The third kappa shape index (κ3) is 3.54. The van der Waals surface area contributed by atoms with Crippen LogP contribution in [-0.2, 0) is 21.4 Å². The van der Waals surface area contributed by atoms with E-state index in [9.17, 15) is 0 Å². The first-order chi connectivity index (χ1) is 6.47. The summed E-state index contributed by atoms with van der Waals surface area (Å²) in [5.41, 5.74) is 1.19. The zero-order valence-corrected chi connectivity index (χ0v) is 8.96. The maximum Gasteiger partial charge on any atom is 0.373 e. The van der Waals surface area contributed by atoms with E-state index in [-0.39, 0.29) is 11.6 Å². The average Bonchev–Trinajstić information content (AvgIpc) is 2.51. The van der Waals surface area contributed by atoms with Crippen LogP contribution >= 0.6 is 0 Å². The molecule has 0 saturated carbocycles. The Labute approximate surface area is 83.3 Å². The number of hydrogen-bond donors (Lipinski definition) is 0. The van der Waals surface area contributed by atoms with E-state index in [1.165, 1.54) is 6.39 Å². The third-order valence-corrected chi connectivity index (χ3v) is 1.67. The first-order valence-electron chi connectivity index (χ1n) is 4.39. The molecular weight excluding hydrogens is 182 g/mol. The summed E-state index contributed by atoms with van der Waals surface area (Å²) in [5, 5.41) is 0. The van der Waals surface area contributed by atoms with Gasteiger partial charge in [-0.15, -0.1) is 0 Å². The second-order valence-electron chi connectivity index (χ2n) is 3.81. The molecule has 0 saturated heterocycles. The van der Waals surface area contributed by atoms with E-state index in [0.717, 1.165) is 17.9 Å². The monoisotopic (exact) mass is 197 g/mol. The summed E-state index contributed by atoms with van der Waals surface area (Å²) in [4.78, 5) is 20.4. The van der Waals surface area contributed by atoms with Crippen LogP contribution < -0.4 is 0 Å². The molecule has 0 fully saturated rings. The second-order valence-corrected chi connectivity index (χ2v) is 3.81. The van der Waals surface area contributed by atoms with Crippen molar-refractivity contribution in [1.29, 1.82) is 0 Å². The molecule has 1 heterocycles. The van der Waals surface area contributed by atoms with Crippen LogP contribution in [0.5, 0.6) is 0 Å². The van der Waals surface area contributed by atoms with E-state index in [4.69, 9.17) is 14.0 Å². The zero-order chi connectivity index (χ0) is 11.2. The molecule has 78 valence electrons. The molecule has 1 rings (SSSR count). The van der Waals surface area contributed by atoms with E-state index < -0.39 is 0 Å². The molecule has 4 heteroatoms. The Morgan fingerprint density at radius 2 is 1.93 bits per heavy atom. The van der Waals surface area contributed by atoms with Gasteiger partial charge in [-0.2, -0.15) is 9.59 Å². The summed E-state index contributed by atoms with van der Waals surface area (Å²) in [6.07, 6.45) is 2.70. The Balaban J connectivity index is 0.000000500. The number of carbonyl (C=O) groups excluding carboxylic acids is 2. The van der Waals surface area contributed by atoms with Crippen molar-refractivity contribution in [3.63, 3.8) is 0 Å². The highest BCUT2D eigenvalue weighted by Gasteiger charge is 2.20. The van der Waals surface area contributed by atoms with Gasteiger partial charge in [-0.05, 0) is 0 Å². The Hall–Kier alpha value is -1.41. The van der Waals surface area contributed by atoms with Gasteiger partial charge in [-0.1, -0.05) is 27.7 Å². The van der Waals surface area contributed by atoms with Gasteiger partial charge in [-0.3, -0.25) is 0 Å². The molecule has 0 aliphatic rings. The largest absolute Gasteiger partial charge is 0.448 e. The van der Waals surface area contributed by atoms with Gasteiger partial charge in [0.1, 0.15) is 5.76 Å². The fourth-order valence-corrected chi connectivity index (χ4v) is 1.13. The highest BCUT2D eigenvalue weighted by Crippen LogP contribution is 2.24. The van der Waals surface area contributed by atoms with E-state index in [1.807, 2.05) is 0 Å². The van der Waals surface area contributed by atoms with Crippen LogP contribution in [0.15, 0.2) is 10.8 Å². The summed E-state index contributed by atoms with van der Waals surface area (Å²) in [6.45, 7) is 8.51. The number of oxazole rings is 1. The van der Waals surface area contributed by atoms with Crippen molar-refractivity contribution in [2.75, 3.05) is 0 Å². The molecule has 0 aromatic carbocycles. The van der Waals surface area contributed by atoms with Gasteiger partial charge >= 0.3 is 6.15 Å². The Bertz CT molecular complexity index is 303. The normalized spacial score (nSPS) is 10.0. The molecule has 0 spiro atoms. The molecule has 1 aromatic rings. The lowest BCUT2D eigenvalue weighted by Crippen LogP contribution is -2.13. The molecule has 0 N–H and O–H groups in total. The van der Waals surface area contributed by atoms with E-state index in [1.54, 1.807) is 0 Å².